The van der Waals surface area contributed by atoms with E-state index in [-0.39, 0.29) is 18.2 Å². The molecule has 0 aliphatic carbocycles. The van der Waals surface area contributed by atoms with E-state index in [1.54, 1.807) is 43.8 Å². The normalized spacial score (nSPS) is 10.3. The predicted octanol–water partition coefficient (Wildman–Crippen LogP) is 2.59. The molecule has 0 radical (unpaired) electrons. The lowest BCUT2D eigenvalue weighted by atomic mass is 10.2. The molecule has 0 aliphatic heterocycles. The molecule has 7 heteroatoms. The molecule has 0 spiro atoms. The first-order chi connectivity index (χ1) is 12.2. The molecule has 3 rings (SSSR count). The second-order valence-corrected chi connectivity index (χ2v) is 5.13. The lowest BCUT2D eigenvalue weighted by Crippen LogP contribution is -2.23. The summed E-state index contributed by atoms with van der Waals surface area (Å²) in [5, 5.41) is 2.77. The van der Waals surface area contributed by atoms with E-state index < -0.39 is 0 Å². The fraction of sp³-hybridized carbons (Fsp3) is 0.167. The van der Waals surface area contributed by atoms with Gasteiger partial charge in [0.1, 0.15) is 17.8 Å². The number of benzene rings is 1. The molecule has 1 aromatic carbocycles. The van der Waals surface area contributed by atoms with E-state index in [0.29, 0.717) is 18.2 Å². The third kappa shape index (κ3) is 4.57. The van der Waals surface area contributed by atoms with Gasteiger partial charge in [0.2, 0.25) is 5.89 Å². The van der Waals surface area contributed by atoms with Crippen LogP contribution in [0.25, 0.3) is 0 Å². The summed E-state index contributed by atoms with van der Waals surface area (Å²) in [6, 6.07) is 10.8. The summed E-state index contributed by atoms with van der Waals surface area (Å²) in [5.74, 6) is 1.42. The van der Waals surface area contributed by atoms with Crippen molar-refractivity contribution in [3.63, 3.8) is 0 Å². The minimum Gasteiger partial charge on any atom is -0.497 e. The van der Waals surface area contributed by atoms with E-state index in [9.17, 15) is 4.79 Å². The Labute approximate surface area is 144 Å². The second kappa shape index (κ2) is 7.96. The monoisotopic (exact) mass is 339 g/mol. The lowest BCUT2D eigenvalue weighted by molar-refractivity contribution is 0.0946. The van der Waals surface area contributed by atoms with Crippen LogP contribution in [0.2, 0.25) is 0 Å². The fourth-order valence-electron chi connectivity index (χ4n) is 2.07. The summed E-state index contributed by atoms with van der Waals surface area (Å²) in [7, 11) is 1.60. The summed E-state index contributed by atoms with van der Waals surface area (Å²) >= 11 is 0. The fourth-order valence-corrected chi connectivity index (χ4v) is 2.07. The molecule has 128 valence electrons. The molecule has 0 saturated heterocycles. The summed E-state index contributed by atoms with van der Waals surface area (Å²) < 4.78 is 15.9. The number of pyridine rings is 1. The molecule has 0 aliphatic rings. The third-order valence-electron chi connectivity index (χ3n) is 3.41. The predicted molar refractivity (Wildman–Crippen MR) is 89.2 cm³/mol. The standard InChI is InChI=1S/C18H17N3O4/c1-23-14-2-4-15(5-3-14)24-12-17-21-16(11-25-17)18(22)20-10-13-6-8-19-9-7-13/h2-9,11H,10,12H2,1H3,(H,20,22). The van der Waals surface area contributed by atoms with Gasteiger partial charge in [0, 0.05) is 18.9 Å². The number of oxazole rings is 1. The van der Waals surface area contributed by atoms with Crippen LogP contribution in [-0.2, 0) is 13.2 Å². The Morgan fingerprint density at radius 3 is 2.56 bits per heavy atom. The topological polar surface area (TPSA) is 86.5 Å². The number of amides is 1. The van der Waals surface area contributed by atoms with Gasteiger partial charge in [-0.2, -0.15) is 0 Å². The number of methoxy groups -OCH3 is 1. The maximum absolute atomic E-state index is 12.1. The number of hydrogen-bond donors (Lipinski definition) is 1. The number of carbonyl (C=O) groups excluding carboxylic acids is 1. The molecule has 2 heterocycles. The van der Waals surface area contributed by atoms with Gasteiger partial charge in [-0.25, -0.2) is 4.98 Å². The first kappa shape index (κ1) is 16.5. The zero-order valence-corrected chi connectivity index (χ0v) is 13.6. The Bertz CT molecular complexity index is 816. The summed E-state index contributed by atoms with van der Waals surface area (Å²) in [4.78, 5) is 20.1. The van der Waals surface area contributed by atoms with E-state index in [0.717, 1.165) is 11.3 Å². The molecule has 7 nitrogen and oxygen atoms in total. The average Bonchev–Trinajstić information content (AvgIpc) is 3.15. The largest absolute Gasteiger partial charge is 0.497 e. The number of ether oxygens (including phenoxy) is 2. The van der Waals surface area contributed by atoms with Crippen molar-refractivity contribution >= 4 is 5.91 Å². The number of carbonyl (C=O) groups is 1. The number of hydrogen-bond acceptors (Lipinski definition) is 6. The van der Waals surface area contributed by atoms with Gasteiger partial charge in [0.05, 0.1) is 7.11 Å². The van der Waals surface area contributed by atoms with E-state index in [1.165, 1.54) is 6.26 Å². The van der Waals surface area contributed by atoms with Gasteiger partial charge in [0.15, 0.2) is 12.3 Å². The smallest absolute Gasteiger partial charge is 0.273 e. The van der Waals surface area contributed by atoms with Crippen molar-refractivity contribution in [2.45, 2.75) is 13.2 Å². The van der Waals surface area contributed by atoms with Crippen molar-refractivity contribution < 1.29 is 18.7 Å². The lowest BCUT2D eigenvalue weighted by Gasteiger charge is -2.04. The molecule has 1 N–H and O–H groups in total. The molecule has 1 amide bonds. The maximum atomic E-state index is 12.1. The van der Waals surface area contributed by atoms with Crippen molar-refractivity contribution in [2.75, 3.05) is 7.11 Å². The highest BCUT2D eigenvalue weighted by Gasteiger charge is 2.12. The van der Waals surface area contributed by atoms with E-state index in [1.807, 2.05) is 12.1 Å². The zero-order chi connectivity index (χ0) is 17.5. The van der Waals surface area contributed by atoms with Crippen LogP contribution in [0.5, 0.6) is 11.5 Å². The Kier molecular flexibility index (Phi) is 5.26. The maximum Gasteiger partial charge on any atom is 0.273 e. The second-order valence-electron chi connectivity index (χ2n) is 5.13. The molecule has 0 bridgehead atoms. The van der Waals surface area contributed by atoms with Crippen LogP contribution in [0, 0.1) is 0 Å². The highest BCUT2D eigenvalue weighted by molar-refractivity contribution is 5.91. The van der Waals surface area contributed by atoms with Crippen molar-refractivity contribution in [1.29, 1.82) is 0 Å². The van der Waals surface area contributed by atoms with Crippen molar-refractivity contribution in [1.82, 2.24) is 15.3 Å². The van der Waals surface area contributed by atoms with E-state index >= 15 is 0 Å². The van der Waals surface area contributed by atoms with Crippen LogP contribution < -0.4 is 14.8 Å². The van der Waals surface area contributed by atoms with Crippen LogP contribution in [0.3, 0.4) is 0 Å². The Morgan fingerprint density at radius 2 is 1.84 bits per heavy atom. The molecule has 25 heavy (non-hydrogen) atoms. The summed E-state index contributed by atoms with van der Waals surface area (Å²) in [6.07, 6.45) is 4.66. The summed E-state index contributed by atoms with van der Waals surface area (Å²) in [6.45, 7) is 0.524. The highest BCUT2D eigenvalue weighted by atomic mass is 16.5. The Hall–Kier alpha value is -3.35. The minimum absolute atomic E-state index is 0.129. The van der Waals surface area contributed by atoms with Gasteiger partial charge < -0.3 is 19.2 Å². The molecular formula is C18H17N3O4. The van der Waals surface area contributed by atoms with Gasteiger partial charge in [-0.1, -0.05) is 0 Å². The molecule has 0 atom stereocenters. The number of rotatable bonds is 7. The quantitative estimate of drug-likeness (QED) is 0.712. The molecular weight excluding hydrogens is 322 g/mol. The SMILES string of the molecule is COc1ccc(OCc2nc(C(=O)NCc3ccncc3)co2)cc1. The molecule has 0 fully saturated rings. The third-order valence-corrected chi connectivity index (χ3v) is 3.41. The van der Waals surface area contributed by atoms with Gasteiger partial charge in [0.25, 0.3) is 5.91 Å². The molecule has 0 saturated carbocycles. The molecule has 0 unspecified atom stereocenters. The average molecular weight is 339 g/mol. The van der Waals surface area contributed by atoms with Crippen LogP contribution in [-0.4, -0.2) is 23.0 Å². The van der Waals surface area contributed by atoms with Crippen LogP contribution in [0.4, 0.5) is 0 Å². The Balaban J connectivity index is 1.51. The first-order valence-corrected chi connectivity index (χ1v) is 7.63. The van der Waals surface area contributed by atoms with Crippen LogP contribution >= 0.6 is 0 Å². The van der Waals surface area contributed by atoms with Gasteiger partial charge >= 0.3 is 0 Å². The Morgan fingerprint density at radius 1 is 1.12 bits per heavy atom. The van der Waals surface area contributed by atoms with E-state index in [4.69, 9.17) is 13.9 Å². The van der Waals surface area contributed by atoms with Crippen molar-refractivity contribution in [3.05, 3.63) is 72.2 Å². The van der Waals surface area contributed by atoms with Crippen molar-refractivity contribution in [3.8, 4) is 11.5 Å². The zero-order valence-electron chi connectivity index (χ0n) is 13.6. The molecule has 3 aromatic rings. The van der Waals surface area contributed by atoms with Gasteiger partial charge in [-0.15, -0.1) is 0 Å². The van der Waals surface area contributed by atoms with Crippen LogP contribution in [0.1, 0.15) is 21.9 Å². The van der Waals surface area contributed by atoms with Crippen molar-refractivity contribution in [2.24, 2.45) is 0 Å². The first-order valence-electron chi connectivity index (χ1n) is 7.63. The van der Waals surface area contributed by atoms with E-state index in [2.05, 4.69) is 15.3 Å². The summed E-state index contributed by atoms with van der Waals surface area (Å²) in [5.41, 5.74) is 1.16. The molecule has 2 aromatic heterocycles. The van der Waals surface area contributed by atoms with Gasteiger partial charge in [-0.3, -0.25) is 9.78 Å². The minimum atomic E-state index is -0.309. The highest BCUT2D eigenvalue weighted by Crippen LogP contribution is 2.18. The number of nitrogens with one attached hydrogen (secondary N) is 1. The number of nitrogens with zero attached hydrogens (tertiary/aromatic N) is 2. The van der Waals surface area contributed by atoms with Crippen LogP contribution in [0.15, 0.2) is 59.5 Å². The van der Waals surface area contributed by atoms with Gasteiger partial charge in [-0.05, 0) is 42.0 Å². The number of aromatic nitrogens is 2.